The zero-order valence-electron chi connectivity index (χ0n) is 12.0. The third-order valence-electron chi connectivity index (χ3n) is 2.45. The summed E-state index contributed by atoms with van der Waals surface area (Å²) in [7, 11) is 1.38. The van der Waals surface area contributed by atoms with Crippen molar-refractivity contribution < 1.29 is 19.2 Å². The van der Waals surface area contributed by atoms with Crippen LogP contribution in [0.3, 0.4) is 0 Å². The molecule has 0 fully saturated rings. The molecule has 0 aliphatic carbocycles. The largest absolute Gasteiger partial charge is 0.496 e. The number of ether oxygens (including phenoxy) is 1. The summed E-state index contributed by atoms with van der Waals surface area (Å²) in [5.74, 6) is -0.228. The maximum Gasteiger partial charge on any atom is 0.332 e. The van der Waals surface area contributed by atoms with E-state index in [-0.39, 0.29) is 23.5 Å². The van der Waals surface area contributed by atoms with E-state index in [2.05, 4.69) is 10.4 Å². The third-order valence-corrected chi connectivity index (χ3v) is 2.45. The molecule has 0 unspecified atom stereocenters. The van der Waals surface area contributed by atoms with Crippen LogP contribution >= 0.6 is 0 Å². The Kier molecular flexibility index (Phi) is 5.81. The molecule has 0 aliphatic rings. The van der Waals surface area contributed by atoms with Gasteiger partial charge in [-0.25, -0.2) is 10.2 Å². The number of methoxy groups -OCH3 is 1. The van der Waals surface area contributed by atoms with Crippen LogP contribution in [0.15, 0.2) is 23.3 Å². The Bertz CT molecular complexity index is 628. The van der Waals surface area contributed by atoms with Crippen LogP contribution in [-0.2, 0) is 4.79 Å². The molecule has 0 bridgehead atoms. The Morgan fingerprint density at radius 1 is 1.45 bits per heavy atom. The van der Waals surface area contributed by atoms with Crippen molar-refractivity contribution in [2.45, 2.75) is 13.3 Å². The summed E-state index contributed by atoms with van der Waals surface area (Å²) in [6.45, 7) is 1.50. The molecule has 3 amide bonds. The van der Waals surface area contributed by atoms with Crippen molar-refractivity contribution in [2.24, 2.45) is 10.8 Å². The second-order valence-electron chi connectivity index (χ2n) is 4.19. The average molecular weight is 309 g/mol. The van der Waals surface area contributed by atoms with Gasteiger partial charge in [0, 0.05) is 5.71 Å². The SMILES string of the molecule is COc1ccc(NC(=O)C/C(C)=N/NC(N)=O)c([N+](=O)[O-])c1. The Morgan fingerprint density at radius 3 is 2.68 bits per heavy atom. The van der Waals surface area contributed by atoms with Gasteiger partial charge in [-0.05, 0) is 19.1 Å². The summed E-state index contributed by atoms with van der Waals surface area (Å²) in [5, 5.41) is 17.0. The van der Waals surface area contributed by atoms with Crippen LogP contribution in [0.2, 0.25) is 0 Å². The maximum atomic E-state index is 11.8. The van der Waals surface area contributed by atoms with Crippen molar-refractivity contribution in [3.63, 3.8) is 0 Å². The summed E-state index contributed by atoms with van der Waals surface area (Å²) in [4.78, 5) is 32.6. The zero-order chi connectivity index (χ0) is 16.7. The predicted molar refractivity (Wildman–Crippen MR) is 78.7 cm³/mol. The van der Waals surface area contributed by atoms with Gasteiger partial charge >= 0.3 is 6.03 Å². The molecule has 118 valence electrons. The van der Waals surface area contributed by atoms with E-state index in [0.29, 0.717) is 5.75 Å². The molecule has 4 N–H and O–H groups in total. The molecule has 1 aromatic rings. The number of hydrogen-bond acceptors (Lipinski definition) is 6. The van der Waals surface area contributed by atoms with Gasteiger partial charge in [0.05, 0.1) is 24.5 Å². The van der Waals surface area contributed by atoms with Crippen LogP contribution in [-0.4, -0.2) is 29.7 Å². The number of nitrogens with two attached hydrogens (primary N) is 1. The lowest BCUT2D eigenvalue weighted by Gasteiger charge is -2.07. The fraction of sp³-hybridized carbons (Fsp3) is 0.250. The highest BCUT2D eigenvalue weighted by molar-refractivity contribution is 6.06. The zero-order valence-corrected chi connectivity index (χ0v) is 12.0. The highest BCUT2D eigenvalue weighted by Crippen LogP contribution is 2.28. The van der Waals surface area contributed by atoms with Crippen LogP contribution in [0, 0.1) is 10.1 Å². The van der Waals surface area contributed by atoms with Gasteiger partial charge in [-0.15, -0.1) is 0 Å². The predicted octanol–water partition coefficient (Wildman–Crippen LogP) is 0.976. The van der Waals surface area contributed by atoms with Gasteiger partial charge in [0.25, 0.3) is 5.69 Å². The molecule has 1 aromatic carbocycles. The van der Waals surface area contributed by atoms with Gasteiger partial charge < -0.3 is 15.8 Å². The molecule has 10 heteroatoms. The summed E-state index contributed by atoms with van der Waals surface area (Å²) in [5.41, 5.74) is 6.84. The number of nitro groups is 1. The van der Waals surface area contributed by atoms with Crippen molar-refractivity contribution in [3.05, 3.63) is 28.3 Å². The summed E-state index contributed by atoms with van der Waals surface area (Å²) < 4.78 is 4.90. The third kappa shape index (κ3) is 5.07. The monoisotopic (exact) mass is 309 g/mol. The first-order chi connectivity index (χ1) is 10.3. The number of nitrogens with zero attached hydrogens (tertiary/aromatic N) is 2. The normalized spacial score (nSPS) is 10.7. The van der Waals surface area contributed by atoms with Gasteiger partial charge in [-0.1, -0.05) is 0 Å². The summed E-state index contributed by atoms with van der Waals surface area (Å²) in [6.07, 6.45) is -0.163. The number of hydrogen-bond donors (Lipinski definition) is 3. The minimum Gasteiger partial charge on any atom is -0.496 e. The molecule has 0 heterocycles. The van der Waals surface area contributed by atoms with Crippen LogP contribution in [0.5, 0.6) is 5.75 Å². The maximum absolute atomic E-state index is 11.8. The molecule has 0 saturated heterocycles. The van der Waals surface area contributed by atoms with E-state index < -0.39 is 16.9 Å². The lowest BCUT2D eigenvalue weighted by Crippen LogP contribution is -2.26. The van der Waals surface area contributed by atoms with Crippen molar-refractivity contribution in [3.8, 4) is 5.75 Å². The molecule has 10 nitrogen and oxygen atoms in total. The number of carbonyl (C=O) groups excluding carboxylic acids is 2. The standard InChI is InChI=1S/C12H15N5O5/c1-7(15-16-12(13)19)5-11(18)14-9-4-3-8(22-2)6-10(9)17(20)21/h3-4,6H,5H2,1-2H3,(H,14,18)(H3,13,16,19)/b15-7+. The number of amides is 3. The van der Waals surface area contributed by atoms with Crippen molar-refractivity contribution in [2.75, 3.05) is 12.4 Å². The van der Waals surface area contributed by atoms with Gasteiger partial charge in [0.1, 0.15) is 11.4 Å². The molecule has 0 atom stereocenters. The fourth-order valence-electron chi connectivity index (χ4n) is 1.51. The van der Waals surface area contributed by atoms with Crippen LogP contribution in [0.25, 0.3) is 0 Å². The summed E-state index contributed by atoms with van der Waals surface area (Å²) in [6, 6.07) is 3.19. The van der Waals surface area contributed by atoms with E-state index in [0.717, 1.165) is 0 Å². The first-order valence-electron chi connectivity index (χ1n) is 6.04. The highest BCUT2D eigenvalue weighted by Gasteiger charge is 2.17. The number of carbonyl (C=O) groups is 2. The number of hydrazone groups is 1. The first kappa shape index (κ1) is 16.9. The number of nitro benzene ring substituents is 1. The van der Waals surface area contributed by atoms with E-state index in [1.807, 2.05) is 5.43 Å². The van der Waals surface area contributed by atoms with Crippen molar-refractivity contribution in [1.82, 2.24) is 5.43 Å². The first-order valence-corrected chi connectivity index (χ1v) is 6.04. The van der Waals surface area contributed by atoms with Crippen molar-refractivity contribution in [1.29, 1.82) is 0 Å². The topological polar surface area (TPSA) is 149 Å². The van der Waals surface area contributed by atoms with Gasteiger partial charge in [0.2, 0.25) is 5.91 Å². The lowest BCUT2D eigenvalue weighted by atomic mass is 10.2. The van der Waals surface area contributed by atoms with Crippen molar-refractivity contribution >= 4 is 29.0 Å². The average Bonchev–Trinajstić information content (AvgIpc) is 2.45. The van der Waals surface area contributed by atoms with Crippen LogP contribution in [0.4, 0.5) is 16.2 Å². The minimum atomic E-state index is -0.856. The fourth-order valence-corrected chi connectivity index (χ4v) is 1.51. The van der Waals surface area contributed by atoms with Gasteiger partial charge in [0.15, 0.2) is 0 Å². The number of rotatable bonds is 6. The number of urea groups is 1. The smallest absolute Gasteiger partial charge is 0.332 e. The Labute approximate surface area is 125 Å². The number of anilines is 1. The van der Waals surface area contributed by atoms with E-state index in [4.69, 9.17) is 10.5 Å². The molecule has 0 saturated carbocycles. The number of nitrogens with one attached hydrogen (secondary N) is 2. The Hall–Kier alpha value is -3.17. The number of benzene rings is 1. The molecule has 0 aliphatic heterocycles. The molecule has 0 spiro atoms. The van der Waals surface area contributed by atoms with E-state index >= 15 is 0 Å². The molecule has 1 rings (SSSR count). The second kappa shape index (κ2) is 7.57. The molecular formula is C12H15N5O5. The van der Waals surface area contributed by atoms with Crippen LogP contribution < -0.4 is 21.2 Å². The number of primary amides is 1. The second-order valence-corrected chi connectivity index (χ2v) is 4.19. The van der Waals surface area contributed by atoms with E-state index in [1.165, 1.54) is 32.2 Å². The van der Waals surface area contributed by atoms with Crippen LogP contribution in [0.1, 0.15) is 13.3 Å². The summed E-state index contributed by atoms with van der Waals surface area (Å²) >= 11 is 0. The van der Waals surface area contributed by atoms with E-state index in [1.54, 1.807) is 0 Å². The molecule has 0 aromatic heterocycles. The highest BCUT2D eigenvalue weighted by atomic mass is 16.6. The minimum absolute atomic E-state index is 0.0338. The van der Waals surface area contributed by atoms with E-state index in [9.17, 15) is 19.7 Å². The Morgan fingerprint density at radius 2 is 2.14 bits per heavy atom. The molecular weight excluding hydrogens is 294 g/mol. The van der Waals surface area contributed by atoms with Gasteiger partial charge in [-0.3, -0.25) is 14.9 Å². The molecule has 0 radical (unpaired) electrons. The lowest BCUT2D eigenvalue weighted by molar-refractivity contribution is -0.384. The quantitative estimate of drug-likeness (QED) is 0.406. The Balaban J connectivity index is 2.82. The van der Waals surface area contributed by atoms with Gasteiger partial charge in [-0.2, -0.15) is 5.10 Å². The molecule has 22 heavy (non-hydrogen) atoms.